The molecule has 0 spiro atoms. The first-order valence-electron chi connectivity index (χ1n) is 10.6. The number of benzene rings is 3. The summed E-state index contributed by atoms with van der Waals surface area (Å²) in [7, 11) is 0. The van der Waals surface area contributed by atoms with E-state index in [2.05, 4.69) is 29.9 Å². The molecule has 0 radical (unpaired) electrons. The topological polar surface area (TPSA) is 9.23 Å². The van der Waals surface area contributed by atoms with Crippen LogP contribution >= 0.6 is 0 Å². The lowest BCUT2D eigenvalue weighted by Gasteiger charge is -2.22. The molecule has 0 atom stereocenters. The van der Waals surface area contributed by atoms with Crippen molar-refractivity contribution in [2.75, 3.05) is 0 Å². The highest BCUT2D eigenvalue weighted by Gasteiger charge is 2.22. The minimum Gasteiger partial charge on any atom is -0.435 e. The second kappa shape index (κ2) is 8.95. The molecule has 3 aromatic rings. The van der Waals surface area contributed by atoms with Crippen molar-refractivity contribution in [1.82, 2.24) is 0 Å². The minimum atomic E-state index is -2.87. The molecule has 0 saturated heterocycles. The number of aryl methyl sites for hydroxylation is 2. The second-order valence-electron chi connectivity index (χ2n) is 7.80. The summed E-state index contributed by atoms with van der Waals surface area (Å²) in [6, 6.07) is 16.4. The number of alkyl halides is 2. The van der Waals surface area contributed by atoms with E-state index in [9.17, 15) is 8.78 Å². The quantitative estimate of drug-likeness (QED) is 0.365. The number of hydrogen-bond acceptors (Lipinski definition) is 1. The summed E-state index contributed by atoms with van der Waals surface area (Å²) in [5.74, 6) is -0.163. The maximum atomic E-state index is 15.4. The molecule has 0 N–H and O–H groups in total. The molecule has 1 aliphatic rings. The fourth-order valence-electron chi connectivity index (χ4n) is 4.27. The highest BCUT2D eigenvalue weighted by Crippen LogP contribution is 2.39. The van der Waals surface area contributed by atoms with Gasteiger partial charge in [-0.2, -0.15) is 8.78 Å². The summed E-state index contributed by atoms with van der Waals surface area (Å²) in [4.78, 5) is 0. The number of unbranched alkanes of at least 4 members (excludes halogenated alkanes) is 2. The zero-order chi connectivity index (χ0) is 21.1. The molecule has 0 aliphatic heterocycles. The van der Waals surface area contributed by atoms with Gasteiger partial charge in [-0.25, -0.2) is 4.39 Å². The summed E-state index contributed by atoms with van der Waals surface area (Å²) in [6.07, 6.45) is 6.22. The molecular weight excluding hydrogens is 385 g/mol. The van der Waals surface area contributed by atoms with Crippen LogP contribution in [0.2, 0.25) is 0 Å². The van der Waals surface area contributed by atoms with Crippen molar-refractivity contribution in [3.63, 3.8) is 0 Å². The van der Waals surface area contributed by atoms with Crippen LogP contribution in [0.1, 0.15) is 42.9 Å². The summed E-state index contributed by atoms with van der Waals surface area (Å²) >= 11 is 0. The van der Waals surface area contributed by atoms with E-state index >= 15 is 4.39 Å². The van der Waals surface area contributed by atoms with Crippen molar-refractivity contribution in [2.45, 2.75) is 52.1 Å². The summed E-state index contributed by atoms with van der Waals surface area (Å²) < 4.78 is 44.4. The van der Waals surface area contributed by atoms with Gasteiger partial charge in [0.15, 0.2) is 0 Å². The Hall–Kier alpha value is -2.75. The van der Waals surface area contributed by atoms with Crippen LogP contribution in [0.4, 0.5) is 13.2 Å². The number of rotatable bonds is 7. The SMILES string of the molecule is CCCCCc1ccc2c(c1)CCc1c-2ccc(-c2ccc(OC(F)F)cc2)c1F. The Kier molecular flexibility index (Phi) is 6.12. The molecule has 30 heavy (non-hydrogen) atoms. The summed E-state index contributed by atoms with van der Waals surface area (Å²) in [5.41, 5.74) is 6.57. The average Bonchev–Trinajstić information content (AvgIpc) is 2.74. The molecule has 0 bridgehead atoms. The van der Waals surface area contributed by atoms with Crippen LogP contribution in [0.15, 0.2) is 54.6 Å². The van der Waals surface area contributed by atoms with Gasteiger partial charge in [0.25, 0.3) is 0 Å². The summed E-state index contributed by atoms with van der Waals surface area (Å²) in [6.45, 7) is -0.665. The van der Waals surface area contributed by atoms with E-state index in [-0.39, 0.29) is 11.6 Å². The van der Waals surface area contributed by atoms with Crippen LogP contribution < -0.4 is 4.74 Å². The fourth-order valence-corrected chi connectivity index (χ4v) is 4.27. The van der Waals surface area contributed by atoms with E-state index < -0.39 is 6.61 Å². The van der Waals surface area contributed by atoms with Gasteiger partial charge in [0, 0.05) is 5.56 Å². The first kappa shape index (κ1) is 20.5. The number of hydrogen-bond donors (Lipinski definition) is 0. The lowest BCUT2D eigenvalue weighted by atomic mass is 9.82. The van der Waals surface area contributed by atoms with Crippen molar-refractivity contribution in [2.24, 2.45) is 0 Å². The van der Waals surface area contributed by atoms with Gasteiger partial charge in [0.05, 0.1) is 0 Å². The lowest BCUT2D eigenvalue weighted by molar-refractivity contribution is -0.0498. The van der Waals surface area contributed by atoms with Gasteiger partial charge in [-0.1, -0.05) is 62.2 Å². The lowest BCUT2D eigenvalue weighted by Crippen LogP contribution is -2.08. The number of fused-ring (bicyclic) bond motifs is 3. The molecule has 0 heterocycles. The predicted molar refractivity (Wildman–Crippen MR) is 115 cm³/mol. The summed E-state index contributed by atoms with van der Waals surface area (Å²) in [5, 5.41) is 0. The molecule has 1 nitrogen and oxygen atoms in total. The van der Waals surface area contributed by atoms with Crippen molar-refractivity contribution in [1.29, 1.82) is 0 Å². The number of halogens is 3. The maximum absolute atomic E-state index is 15.4. The molecule has 1 aliphatic carbocycles. The Labute approximate surface area is 175 Å². The van der Waals surface area contributed by atoms with Gasteiger partial charge in [0.1, 0.15) is 11.6 Å². The first-order valence-corrected chi connectivity index (χ1v) is 10.6. The Morgan fingerprint density at radius 3 is 2.33 bits per heavy atom. The molecule has 4 rings (SSSR count). The van der Waals surface area contributed by atoms with Crippen LogP contribution in [0.3, 0.4) is 0 Å². The normalized spacial score (nSPS) is 12.6. The molecule has 4 heteroatoms. The van der Waals surface area contributed by atoms with Gasteiger partial charge < -0.3 is 4.74 Å². The molecule has 0 fully saturated rings. The van der Waals surface area contributed by atoms with Crippen LogP contribution in [0.25, 0.3) is 22.3 Å². The zero-order valence-electron chi connectivity index (χ0n) is 17.1. The molecule has 0 amide bonds. The minimum absolute atomic E-state index is 0.0655. The van der Waals surface area contributed by atoms with Gasteiger partial charge in [-0.15, -0.1) is 0 Å². The Balaban J connectivity index is 1.62. The highest BCUT2D eigenvalue weighted by atomic mass is 19.3. The monoisotopic (exact) mass is 410 g/mol. The molecular formula is C26H25F3O. The third-order valence-electron chi connectivity index (χ3n) is 5.81. The van der Waals surface area contributed by atoms with Crippen molar-refractivity contribution >= 4 is 0 Å². The van der Waals surface area contributed by atoms with Crippen LogP contribution in [-0.4, -0.2) is 6.61 Å². The molecule has 3 aromatic carbocycles. The Morgan fingerprint density at radius 2 is 1.60 bits per heavy atom. The van der Waals surface area contributed by atoms with Crippen LogP contribution in [0.5, 0.6) is 5.75 Å². The first-order chi connectivity index (χ1) is 14.6. The van der Waals surface area contributed by atoms with Crippen molar-refractivity contribution in [3.8, 4) is 28.0 Å². The molecule has 0 aromatic heterocycles. The van der Waals surface area contributed by atoms with Crippen LogP contribution in [-0.2, 0) is 19.3 Å². The van der Waals surface area contributed by atoms with Crippen molar-refractivity contribution in [3.05, 3.63) is 77.1 Å². The molecule has 0 unspecified atom stereocenters. The third-order valence-corrected chi connectivity index (χ3v) is 5.81. The van der Waals surface area contributed by atoms with Crippen LogP contribution in [0, 0.1) is 5.82 Å². The van der Waals surface area contributed by atoms with Gasteiger partial charge in [-0.3, -0.25) is 0 Å². The molecule has 156 valence electrons. The third kappa shape index (κ3) is 4.23. The van der Waals surface area contributed by atoms with E-state index in [4.69, 9.17) is 0 Å². The van der Waals surface area contributed by atoms with Gasteiger partial charge in [0.2, 0.25) is 0 Å². The van der Waals surface area contributed by atoms with Gasteiger partial charge in [-0.05, 0) is 71.2 Å². The molecule has 0 saturated carbocycles. The van der Waals surface area contributed by atoms with E-state index in [1.807, 2.05) is 6.07 Å². The van der Waals surface area contributed by atoms with E-state index in [0.717, 1.165) is 29.5 Å². The smallest absolute Gasteiger partial charge is 0.387 e. The highest BCUT2D eigenvalue weighted by molar-refractivity contribution is 5.78. The standard InChI is InChI=1S/C26H25F3O/c1-2-3-4-5-17-6-12-21-19(16-17)9-13-24-23(21)15-14-22(25(24)27)18-7-10-20(11-8-18)30-26(28)29/h6-8,10-12,14-16,26H,2-5,9,13H2,1H3. The predicted octanol–water partition coefficient (Wildman–Crippen LogP) is 7.59. The fraction of sp³-hybridized carbons (Fsp3) is 0.308. The van der Waals surface area contributed by atoms with E-state index in [1.165, 1.54) is 42.5 Å². The van der Waals surface area contributed by atoms with E-state index in [0.29, 0.717) is 17.5 Å². The Bertz CT molecular complexity index is 1030. The Morgan fingerprint density at radius 1 is 0.867 bits per heavy atom. The van der Waals surface area contributed by atoms with Gasteiger partial charge >= 0.3 is 6.61 Å². The number of ether oxygens (including phenoxy) is 1. The average molecular weight is 410 g/mol. The second-order valence-corrected chi connectivity index (χ2v) is 7.80. The largest absolute Gasteiger partial charge is 0.435 e. The van der Waals surface area contributed by atoms with E-state index in [1.54, 1.807) is 18.2 Å². The van der Waals surface area contributed by atoms with Crippen molar-refractivity contribution < 1.29 is 17.9 Å². The maximum Gasteiger partial charge on any atom is 0.387 e. The zero-order valence-corrected chi connectivity index (χ0v) is 17.1.